The molecule has 2 atom stereocenters. The molecular weight excluding hydrogens is 428 g/mol. The lowest BCUT2D eigenvalue weighted by Gasteiger charge is -2.36. The molecule has 0 saturated carbocycles. The van der Waals surface area contributed by atoms with Gasteiger partial charge in [0.05, 0.1) is 36.4 Å². The minimum Gasteiger partial charge on any atom is -0.367 e. The van der Waals surface area contributed by atoms with Crippen molar-refractivity contribution in [2.75, 3.05) is 18.0 Å². The van der Waals surface area contributed by atoms with E-state index >= 15 is 0 Å². The van der Waals surface area contributed by atoms with E-state index < -0.39 is 5.92 Å². The number of fused-ring (bicyclic) bond motifs is 1. The van der Waals surface area contributed by atoms with Gasteiger partial charge in [0.15, 0.2) is 0 Å². The monoisotopic (exact) mass is 453 g/mol. The Hall–Kier alpha value is -3.40. The van der Waals surface area contributed by atoms with Crippen LogP contribution in [0, 0.1) is 0 Å². The summed E-state index contributed by atoms with van der Waals surface area (Å²) in [5, 5.41) is 6.84. The van der Waals surface area contributed by atoms with E-state index in [1.807, 2.05) is 13.1 Å². The van der Waals surface area contributed by atoms with E-state index in [2.05, 4.69) is 25.1 Å². The molecule has 1 N–H and O–H groups in total. The first kappa shape index (κ1) is 21.4. The molecule has 5 heterocycles. The second-order valence-electron chi connectivity index (χ2n) is 8.36. The fourth-order valence-electron chi connectivity index (χ4n) is 4.22. The zero-order valence-electron chi connectivity index (χ0n) is 18.4. The summed E-state index contributed by atoms with van der Waals surface area (Å²) in [5.74, 6) is -2.34. The Labute approximate surface area is 189 Å². The largest absolute Gasteiger partial charge is 0.367 e. The predicted octanol–water partition coefficient (Wildman–Crippen LogP) is 4.37. The first-order chi connectivity index (χ1) is 15.9. The first-order valence-corrected chi connectivity index (χ1v) is 11.0. The summed E-state index contributed by atoms with van der Waals surface area (Å²) >= 11 is 0. The molecule has 0 spiro atoms. The number of aromatic nitrogens is 6. The van der Waals surface area contributed by atoms with Crippen molar-refractivity contribution in [1.29, 1.82) is 0 Å². The SMILES string of the molecule is CCCC(F)(F)c1ccc2ncc(-c3ccnc(N4CC(C)O[C@H](c5cn[nH]c5)C4)n3)n2c1. The van der Waals surface area contributed by atoms with Crippen LogP contribution in [0.15, 0.2) is 49.2 Å². The Morgan fingerprint density at radius 1 is 1.18 bits per heavy atom. The summed E-state index contributed by atoms with van der Waals surface area (Å²) in [6.45, 7) is 4.97. The molecule has 4 aromatic rings. The summed E-state index contributed by atoms with van der Waals surface area (Å²) < 4.78 is 36.8. The van der Waals surface area contributed by atoms with E-state index in [4.69, 9.17) is 9.72 Å². The number of pyridine rings is 1. The van der Waals surface area contributed by atoms with Gasteiger partial charge >= 0.3 is 0 Å². The van der Waals surface area contributed by atoms with E-state index in [1.54, 1.807) is 42.0 Å². The quantitative estimate of drug-likeness (QED) is 0.467. The van der Waals surface area contributed by atoms with Crippen LogP contribution in [0.2, 0.25) is 0 Å². The highest BCUT2D eigenvalue weighted by Gasteiger charge is 2.31. The van der Waals surface area contributed by atoms with Crippen LogP contribution >= 0.6 is 0 Å². The van der Waals surface area contributed by atoms with Crippen LogP contribution < -0.4 is 4.90 Å². The van der Waals surface area contributed by atoms with Gasteiger partial charge in [-0.05, 0) is 25.1 Å². The third-order valence-electron chi connectivity index (χ3n) is 5.83. The molecular formula is C23H25F2N7O. The molecule has 0 amide bonds. The number of aromatic amines is 1. The van der Waals surface area contributed by atoms with Gasteiger partial charge in [-0.1, -0.05) is 13.3 Å². The Morgan fingerprint density at radius 2 is 2.06 bits per heavy atom. The normalized spacial score (nSPS) is 19.3. The number of hydrogen-bond acceptors (Lipinski definition) is 6. The van der Waals surface area contributed by atoms with E-state index in [0.717, 1.165) is 5.56 Å². The molecule has 0 aromatic carbocycles. The zero-order chi connectivity index (χ0) is 23.0. The number of halogens is 2. The van der Waals surface area contributed by atoms with Gasteiger partial charge in [0, 0.05) is 42.7 Å². The van der Waals surface area contributed by atoms with Crippen LogP contribution in [-0.4, -0.2) is 48.7 Å². The maximum atomic E-state index is 14.5. The topological polar surface area (TPSA) is 84.2 Å². The van der Waals surface area contributed by atoms with Gasteiger partial charge in [0.2, 0.25) is 5.95 Å². The number of nitrogens with zero attached hydrogens (tertiary/aromatic N) is 6. The summed E-state index contributed by atoms with van der Waals surface area (Å²) in [6.07, 6.45) is 8.39. The van der Waals surface area contributed by atoms with Crippen molar-refractivity contribution in [1.82, 2.24) is 29.5 Å². The zero-order valence-corrected chi connectivity index (χ0v) is 18.4. The maximum absolute atomic E-state index is 14.5. The van der Waals surface area contributed by atoms with Gasteiger partial charge in [-0.3, -0.25) is 9.50 Å². The van der Waals surface area contributed by atoms with Gasteiger partial charge in [0.25, 0.3) is 5.92 Å². The van der Waals surface area contributed by atoms with Crippen molar-refractivity contribution in [2.24, 2.45) is 0 Å². The molecule has 10 heteroatoms. The van der Waals surface area contributed by atoms with E-state index in [9.17, 15) is 8.78 Å². The molecule has 1 fully saturated rings. The van der Waals surface area contributed by atoms with Crippen molar-refractivity contribution in [2.45, 2.75) is 44.8 Å². The van der Waals surface area contributed by atoms with Crippen LogP contribution in [0.5, 0.6) is 0 Å². The van der Waals surface area contributed by atoms with Gasteiger partial charge in [-0.25, -0.2) is 23.7 Å². The molecule has 0 bridgehead atoms. The maximum Gasteiger partial charge on any atom is 0.274 e. The number of H-pyrrole nitrogens is 1. The number of imidazole rings is 1. The number of rotatable bonds is 6. The Morgan fingerprint density at radius 3 is 2.85 bits per heavy atom. The number of nitrogens with one attached hydrogen (secondary N) is 1. The highest BCUT2D eigenvalue weighted by atomic mass is 19.3. The second-order valence-corrected chi connectivity index (χ2v) is 8.36. The van der Waals surface area contributed by atoms with Crippen LogP contribution in [0.3, 0.4) is 0 Å². The molecule has 8 nitrogen and oxygen atoms in total. The lowest BCUT2D eigenvalue weighted by molar-refractivity contribution is -0.0178. The molecule has 4 aromatic heterocycles. The van der Waals surface area contributed by atoms with Crippen molar-refractivity contribution in [3.8, 4) is 11.4 Å². The molecule has 5 rings (SSSR count). The van der Waals surface area contributed by atoms with Gasteiger partial charge in [0.1, 0.15) is 11.8 Å². The number of ether oxygens (including phenoxy) is 1. The van der Waals surface area contributed by atoms with Crippen molar-refractivity contribution in [3.05, 3.63) is 60.3 Å². The van der Waals surface area contributed by atoms with Gasteiger partial charge in [-0.2, -0.15) is 5.10 Å². The third-order valence-corrected chi connectivity index (χ3v) is 5.83. The smallest absolute Gasteiger partial charge is 0.274 e. The lowest BCUT2D eigenvalue weighted by atomic mass is 10.1. The number of morpholine rings is 1. The fourth-order valence-corrected chi connectivity index (χ4v) is 4.22. The third kappa shape index (κ3) is 4.18. The number of anilines is 1. The van der Waals surface area contributed by atoms with E-state index in [0.29, 0.717) is 42.5 Å². The van der Waals surface area contributed by atoms with Crippen LogP contribution in [0.25, 0.3) is 17.0 Å². The van der Waals surface area contributed by atoms with Crippen molar-refractivity contribution in [3.63, 3.8) is 0 Å². The Kier molecular flexibility index (Phi) is 5.53. The average Bonchev–Trinajstić information content (AvgIpc) is 3.49. The first-order valence-electron chi connectivity index (χ1n) is 11.0. The van der Waals surface area contributed by atoms with Crippen molar-refractivity contribution < 1.29 is 13.5 Å². The molecule has 1 unspecified atom stereocenters. The number of alkyl halides is 2. The summed E-state index contributed by atoms with van der Waals surface area (Å²) in [6, 6.07) is 4.82. The molecule has 1 aliphatic rings. The minimum atomic E-state index is -2.90. The van der Waals surface area contributed by atoms with Crippen LogP contribution in [-0.2, 0) is 10.7 Å². The number of hydrogen-bond donors (Lipinski definition) is 1. The standard InChI is InChI=1S/C23H25F2N7O/c1-3-7-23(24,25)17-4-5-21-27-11-19(32(21)13-17)18-6-8-26-22(30-18)31-12-15(2)33-20(14-31)16-9-28-29-10-16/h4-6,8-11,13,15,20H,3,7,12,14H2,1-2H3,(H,28,29)/t15?,20-/m0/s1. The highest BCUT2D eigenvalue weighted by Crippen LogP contribution is 2.34. The van der Waals surface area contributed by atoms with Crippen LogP contribution in [0.1, 0.15) is 43.9 Å². The van der Waals surface area contributed by atoms with Gasteiger partial charge < -0.3 is 9.64 Å². The van der Waals surface area contributed by atoms with E-state index in [1.165, 1.54) is 12.3 Å². The minimum absolute atomic E-state index is 0.0231. The fraction of sp³-hybridized carbons (Fsp3) is 0.391. The molecule has 33 heavy (non-hydrogen) atoms. The van der Waals surface area contributed by atoms with E-state index in [-0.39, 0.29) is 24.2 Å². The predicted molar refractivity (Wildman–Crippen MR) is 119 cm³/mol. The molecule has 172 valence electrons. The van der Waals surface area contributed by atoms with Crippen molar-refractivity contribution >= 4 is 11.6 Å². The molecule has 0 radical (unpaired) electrons. The summed E-state index contributed by atoms with van der Waals surface area (Å²) in [7, 11) is 0. The highest BCUT2D eigenvalue weighted by molar-refractivity contribution is 5.61. The summed E-state index contributed by atoms with van der Waals surface area (Å²) in [4.78, 5) is 15.7. The second kappa shape index (κ2) is 8.51. The Bertz CT molecular complexity index is 1240. The summed E-state index contributed by atoms with van der Waals surface area (Å²) in [5.41, 5.74) is 2.76. The Balaban J connectivity index is 1.48. The molecule has 1 aliphatic heterocycles. The average molecular weight is 453 g/mol. The lowest BCUT2D eigenvalue weighted by Crippen LogP contribution is -2.43. The molecule has 1 saturated heterocycles. The van der Waals surface area contributed by atoms with Gasteiger partial charge in [-0.15, -0.1) is 0 Å². The molecule has 0 aliphatic carbocycles. The van der Waals surface area contributed by atoms with Crippen LogP contribution in [0.4, 0.5) is 14.7 Å².